The van der Waals surface area contributed by atoms with Crippen LogP contribution in [0.1, 0.15) is 26.7 Å². The van der Waals surface area contributed by atoms with E-state index in [1.54, 1.807) is 0 Å². The molecular weight excluding hydrogens is 152 g/mol. The van der Waals surface area contributed by atoms with Gasteiger partial charge < -0.3 is 4.55 Å². The summed E-state index contributed by atoms with van der Waals surface area (Å²) in [6, 6.07) is 0. The molecule has 0 fully saturated rings. The minimum Gasteiger partial charge on any atom is -0.748 e. The van der Waals surface area contributed by atoms with E-state index in [9.17, 15) is 13.0 Å². The van der Waals surface area contributed by atoms with Gasteiger partial charge >= 0.3 is 0 Å². The molecule has 0 bridgehead atoms. The van der Waals surface area contributed by atoms with E-state index in [-0.39, 0.29) is 11.7 Å². The second-order valence-electron chi connectivity index (χ2n) is 2.41. The van der Waals surface area contributed by atoms with Gasteiger partial charge in [-0.2, -0.15) is 0 Å². The van der Waals surface area contributed by atoms with E-state index in [0.29, 0.717) is 0 Å². The highest BCUT2D eigenvalue weighted by atomic mass is 32.2. The van der Waals surface area contributed by atoms with Gasteiger partial charge in [-0.1, -0.05) is 26.7 Å². The first-order chi connectivity index (χ1) is 4.49. The SMILES string of the molecule is CCC(CC)CS(=O)(=O)[O-]. The quantitative estimate of drug-likeness (QED) is 0.583. The van der Waals surface area contributed by atoms with Crippen LogP contribution in [0.3, 0.4) is 0 Å². The van der Waals surface area contributed by atoms with E-state index in [0.717, 1.165) is 12.8 Å². The Hall–Kier alpha value is -0.0900. The van der Waals surface area contributed by atoms with Gasteiger partial charge in [0.15, 0.2) is 0 Å². The molecule has 0 aromatic rings. The molecule has 0 N–H and O–H groups in total. The third-order valence-corrected chi connectivity index (χ3v) is 2.47. The molecule has 0 aromatic carbocycles. The minimum absolute atomic E-state index is 0.0440. The second kappa shape index (κ2) is 3.93. The first-order valence-corrected chi connectivity index (χ1v) is 5.00. The summed E-state index contributed by atoms with van der Waals surface area (Å²) in [6.07, 6.45) is 1.52. The number of rotatable bonds is 4. The zero-order chi connectivity index (χ0) is 8.20. The fourth-order valence-electron chi connectivity index (χ4n) is 0.813. The normalized spacial score (nSPS) is 12.4. The average Bonchev–Trinajstić information content (AvgIpc) is 1.81. The zero-order valence-corrected chi connectivity index (χ0v) is 7.15. The lowest BCUT2D eigenvalue weighted by molar-refractivity contribution is 0.439. The molecule has 0 aliphatic heterocycles. The van der Waals surface area contributed by atoms with Gasteiger partial charge in [0.25, 0.3) is 0 Å². The molecule has 3 nitrogen and oxygen atoms in total. The van der Waals surface area contributed by atoms with Crippen LogP contribution in [-0.4, -0.2) is 18.7 Å². The van der Waals surface area contributed by atoms with Crippen molar-refractivity contribution in [2.75, 3.05) is 5.75 Å². The molecule has 0 aromatic heterocycles. The predicted molar refractivity (Wildman–Crippen MR) is 38.6 cm³/mol. The van der Waals surface area contributed by atoms with E-state index >= 15 is 0 Å². The Kier molecular flexibility index (Phi) is 3.89. The average molecular weight is 165 g/mol. The maximum Gasteiger partial charge on any atom is 0.0948 e. The monoisotopic (exact) mass is 165 g/mol. The van der Waals surface area contributed by atoms with Crippen molar-refractivity contribution >= 4 is 10.1 Å². The van der Waals surface area contributed by atoms with Crippen molar-refractivity contribution in [3.63, 3.8) is 0 Å². The lowest BCUT2D eigenvalue weighted by atomic mass is 10.1. The molecule has 0 aliphatic rings. The van der Waals surface area contributed by atoms with Gasteiger partial charge in [-0.25, -0.2) is 8.42 Å². The fourth-order valence-corrected chi connectivity index (χ4v) is 1.86. The van der Waals surface area contributed by atoms with Gasteiger partial charge in [-0.3, -0.25) is 0 Å². The smallest absolute Gasteiger partial charge is 0.0948 e. The predicted octanol–water partition coefficient (Wildman–Crippen LogP) is 0.968. The van der Waals surface area contributed by atoms with Gasteiger partial charge in [-0.05, 0) is 5.92 Å². The molecule has 0 aliphatic carbocycles. The van der Waals surface area contributed by atoms with Gasteiger partial charge in [0, 0.05) is 5.75 Å². The van der Waals surface area contributed by atoms with E-state index < -0.39 is 10.1 Å². The lowest BCUT2D eigenvalue weighted by Crippen LogP contribution is -2.13. The van der Waals surface area contributed by atoms with Crippen molar-refractivity contribution in [3.05, 3.63) is 0 Å². The highest BCUT2D eigenvalue weighted by Gasteiger charge is 2.06. The van der Waals surface area contributed by atoms with Crippen LogP contribution in [0.4, 0.5) is 0 Å². The lowest BCUT2D eigenvalue weighted by Gasteiger charge is -2.14. The standard InChI is InChI=1S/C6H14O3S/c1-3-6(4-2)5-10(7,8)9/h6H,3-5H2,1-2H3,(H,7,8,9)/p-1. The van der Waals surface area contributed by atoms with Gasteiger partial charge in [0.1, 0.15) is 0 Å². The number of hydrogen-bond acceptors (Lipinski definition) is 3. The van der Waals surface area contributed by atoms with Crippen LogP contribution in [0, 0.1) is 5.92 Å². The molecule has 0 amide bonds. The van der Waals surface area contributed by atoms with E-state index in [4.69, 9.17) is 0 Å². The van der Waals surface area contributed by atoms with E-state index in [1.807, 2.05) is 13.8 Å². The van der Waals surface area contributed by atoms with Crippen molar-refractivity contribution in [2.45, 2.75) is 26.7 Å². The Morgan fingerprint density at radius 1 is 1.30 bits per heavy atom. The van der Waals surface area contributed by atoms with Crippen LogP contribution < -0.4 is 0 Å². The van der Waals surface area contributed by atoms with Crippen LogP contribution in [-0.2, 0) is 10.1 Å². The van der Waals surface area contributed by atoms with Crippen molar-refractivity contribution in [2.24, 2.45) is 5.92 Å². The van der Waals surface area contributed by atoms with Gasteiger partial charge in [-0.15, -0.1) is 0 Å². The summed E-state index contributed by atoms with van der Waals surface area (Å²) in [6.45, 7) is 3.78. The Labute approximate surface area is 62.2 Å². The summed E-state index contributed by atoms with van der Waals surface area (Å²) >= 11 is 0. The van der Waals surface area contributed by atoms with Crippen molar-refractivity contribution in [3.8, 4) is 0 Å². The van der Waals surface area contributed by atoms with Gasteiger partial charge in [0.05, 0.1) is 10.1 Å². The first-order valence-electron chi connectivity index (χ1n) is 3.43. The molecular formula is C6H13O3S-. The molecule has 4 heteroatoms. The van der Waals surface area contributed by atoms with Crippen LogP contribution >= 0.6 is 0 Å². The summed E-state index contributed by atoms with van der Waals surface area (Å²) in [5.41, 5.74) is 0. The fraction of sp³-hybridized carbons (Fsp3) is 1.00. The second-order valence-corrected chi connectivity index (χ2v) is 3.86. The molecule has 0 heterocycles. The number of hydrogen-bond donors (Lipinski definition) is 0. The van der Waals surface area contributed by atoms with E-state index in [2.05, 4.69) is 0 Å². The summed E-state index contributed by atoms with van der Waals surface area (Å²) in [5.74, 6) is -0.164. The molecule has 10 heavy (non-hydrogen) atoms. The molecule has 0 saturated heterocycles. The Bertz CT molecular complexity index is 167. The molecule has 0 unspecified atom stereocenters. The van der Waals surface area contributed by atoms with Crippen LogP contribution in [0.25, 0.3) is 0 Å². The maximum absolute atomic E-state index is 10.2. The molecule has 0 rings (SSSR count). The molecule has 0 radical (unpaired) electrons. The Balaban J connectivity index is 3.87. The molecule has 0 saturated carbocycles. The maximum atomic E-state index is 10.2. The summed E-state index contributed by atoms with van der Waals surface area (Å²) in [5, 5.41) is 0. The highest BCUT2D eigenvalue weighted by Crippen LogP contribution is 2.09. The van der Waals surface area contributed by atoms with Crippen molar-refractivity contribution in [1.29, 1.82) is 0 Å². The Morgan fingerprint density at radius 3 is 1.80 bits per heavy atom. The highest BCUT2D eigenvalue weighted by molar-refractivity contribution is 7.85. The molecule has 0 spiro atoms. The zero-order valence-electron chi connectivity index (χ0n) is 6.33. The summed E-state index contributed by atoms with van der Waals surface area (Å²) < 4.78 is 30.6. The summed E-state index contributed by atoms with van der Waals surface area (Å²) in [7, 11) is -4.00. The van der Waals surface area contributed by atoms with Crippen molar-refractivity contribution in [1.82, 2.24) is 0 Å². The summed E-state index contributed by atoms with van der Waals surface area (Å²) in [4.78, 5) is 0. The Morgan fingerprint density at radius 2 is 1.70 bits per heavy atom. The first kappa shape index (κ1) is 9.91. The van der Waals surface area contributed by atoms with Gasteiger partial charge in [0.2, 0.25) is 0 Å². The van der Waals surface area contributed by atoms with Crippen molar-refractivity contribution < 1.29 is 13.0 Å². The van der Waals surface area contributed by atoms with Crippen LogP contribution in [0.5, 0.6) is 0 Å². The molecule has 62 valence electrons. The largest absolute Gasteiger partial charge is 0.748 e. The molecule has 0 atom stereocenters. The third kappa shape index (κ3) is 4.76. The third-order valence-electron chi connectivity index (χ3n) is 1.59. The van der Waals surface area contributed by atoms with Crippen LogP contribution in [0.15, 0.2) is 0 Å². The topological polar surface area (TPSA) is 57.2 Å². The van der Waals surface area contributed by atoms with Crippen LogP contribution in [0.2, 0.25) is 0 Å². The van der Waals surface area contributed by atoms with E-state index in [1.165, 1.54) is 0 Å². The minimum atomic E-state index is -4.00.